The van der Waals surface area contributed by atoms with Gasteiger partial charge in [0.05, 0.1) is 5.25 Å². The lowest BCUT2D eigenvalue weighted by atomic mass is 9.90. The van der Waals surface area contributed by atoms with Gasteiger partial charge < -0.3 is 4.90 Å². The van der Waals surface area contributed by atoms with Gasteiger partial charge in [-0.15, -0.1) is 0 Å². The fraction of sp³-hybridized carbons (Fsp3) is 0.393. The van der Waals surface area contributed by atoms with Gasteiger partial charge in [-0.05, 0) is 62.3 Å². The summed E-state index contributed by atoms with van der Waals surface area (Å²) in [5.41, 5.74) is 3.30. The van der Waals surface area contributed by atoms with Crippen LogP contribution < -0.4 is 5.56 Å². The number of amides is 1. The standard InChI is InChI=1S/C28H32FN3O2S/c1-19-25(18-22-9-11-24(29)12-10-22)27(34)31(3)28(30-19)35-20(2)26(33)32-15-13-23(14-16-32)17-21-7-5-4-6-8-21/h4-12,20,23H,13-18H2,1-3H3. The first kappa shape index (κ1) is 25.2. The third-order valence-electron chi connectivity index (χ3n) is 6.77. The number of hydrogen-bond acceptors (Lipinski definition) is 4. The molecule has 3 aromatic rings. The lowest BCUT2D eigenvalue weighted by Crippen LogP contribution is -2.42. The maximum absolute atomic E-state index is 13.2. The fourth-order valence-electron chi connectivity index (χ4n) is 4.62. The highest BCUT2D eigenvalue weighted by Crippen LogP contribution is 2.26. The molecule has 1 saturated heterocycles. The molecule has 1 aromatic heterocycles. The first-order chi connectivity index (χ1) is 16.8. The molecule has 0 aliphatic carbocycles. The Balaban J connectivity index is 1.37. The molecule has 35 heavy (non-hydrogen) atoms. The summed E-state index contributed by atoms with van der Waals surface area (Å²) in [7, 11) is 1.69. The normalized spacial score (nSPS) is 15.3. The Hall–Kier alpha value is -2.93. The zero-order chi connectivity index (χ0) is 24.9. The molecule has 0 saturated carbocycles. The molecule has 1 atom stereocenters. The van der Waals surface area contributed by atoms with Gasteiger partial charge in [0.15, 0.2) is 5.16 Å². The number of piperidine rings is 1. The highest BCUT2D eigenvalue weighted by molar-refractivity contribution is 8.00. The van der Waals surface area contributed by atoms with Gasteiger partial charge in [-0.3, -0.25) is 14.2 Å². The molecule has 1 amide bonds. The van der Waals surface area contributed by atoms with Gasteiger partial charge in [-0.25, -0.2) is 9.37 Å². The largest absolute Gasteiger partial charge is 0.342 e. The smallest absolute Gasteiger partial charge is 0.257 e. The average molecular weight is 494 g/mol. The Morgan fingerprint density at radius 1 is 1.09 bits per heavy atom. The summed E-state index contributed by atoms with van der Waals surface area (Å²) in [6, 6.07) is 16.7. The summed E-state index contributed by atoms with van der Waals surface area (Å²) in [6.45, 7) is 5.23. The maximum atomic E-state index is 13.2. The molecular weight excluding hydrogens is 461 g/mol. The molecule has 2 aromatic carbocycles. The van der Waals surface area contributed by atoms with Crippen LogP contribution in [0.2, 0.25) is 0 Å². The Bertz CT molecular complexity index is 1220. The number of benzene rings is 2. The minimum Gasteiger partial charge on any atom is -0.342 e. The van der Waals surface area contributed by atoms with Crippen LogP contribution in [0.5, 0.6) is 0 Å². The second-order valence-electron chi connectivity index (χ2n) is 9.34. The van der Waals surface area contributed by atoms with Gasteiger partial charge in [0.2, 0.25) is 5.91 Å². The van der Waals surface area contributed by atoms with Gasteiger partial charge in [0.1, 0.15) is 5.82 Å². The van der Waals surface area contributed by atoms with Crippen molar-refractivity contribution in [2.75, 3.05) is 13.1 Å². The van der Waals surface area contributed by atoms with E-state index in [1.807, 2.05) is 24.8 Å². The lowest BCUT2D eigenvalue weighted by Gasteiger charge is -2.33. The van der Waals surface area contributed by atoms with Gasteiger partial charge in [-0.1, -0.05) is 54.2 Å². The van der Waals surface area contributed by atoms with Gasteiger partial charge >= 0.3 is 0 Å². The summed E-state index contributed by atoms with van der Waals surface area (Å²) in [5.74, 6) is 0.390. The molecular formula is C28H32FN3O2S. The van der Waals surface area contributed by atoms with Crippen molar-refractivity contribution in [2.45, 2.75) is 49.9 Å². The summed E-state index contributed by atoms with van der Waals surface area (Å²) in [5, 5.41) is 0.205. The molecule has 0 spiro atoms. The molecule has 7 heteroatoms. The minimum absolute atomic E-state index is 0.0930. The number of carbonyl (C=O) groups excluding carboxylic acids is 1. The first-order valence-corrected chi connectivity index (χ1v) is 13.0. The van der Waals surface area contributed by atoms with Crippen molar-refractivity contribution in [3.63, 3.8) is 0 Å². The van der Waals surface area contributed by atoms with Crippen molar-refractivity contribution >= 4 is 17.7 Å². The SMILES string of the molecule is Cc1nc(SC(C)C(=O)N2CCC(Cc3ccccc3)CC2)n(C)c(=O)c1Cc1ccc(F)cc1. The van der Waals surface area contributed by atoms with E-state index in [-0.39, 0.29) is 22.5 Å². The second kappa shape index (κ2) is 11.2. The molecule has 1 unspecified atom stereocenters. The molecule has 0 bridgehead atoms. The quantitative estimate of drug-likeness (QED) is 0.351. The molecule has 0 N–H and O–H groups in total. The van der Waals surface area contributed by atoms with E-state index < -0.39 is 0 Å². The van der Waals surface area contributed by atoms with Gasteiger partial charge in [-0.2, -0.15) is 0 Å². The summed E-state index contributed by atoms with van der Waals surface area (Å²) in [4.78, 5) is 32.8. The maximum Gasteiger partial charge on any atom is 0.257 e. The van der Waals surface area contributed by atoms with Crippen molar-refractivity contribution in [1.29, 1.82) is 0 Å². The third-order valence-corrected chi connectivity index (χ3v) is 7.90. The molecule has 1 aliphatic heterocycles. The number of aromatic nitrogens is 2. The minimum atomic E-state index is -0.332. The van der Waals surface area contributed by atoms with Crippen LogP contribution in [0, 0.1) is 18.7 Å². The summed E-state index contributed by atoms with van der Waals surface area (Å²) >= 11 is 1.33. The third kappa shape index (κ3) is 6.20. The predicted octanol–water partition coefficient (Wildman–Crippen LogP) is 4.78. The average Bonchev–Trinajstić information content (AvgIpc) is 2.87. The molecule has 0 radical (unpaired) electrons. The molecule has 4 rings (SSSR count). The molecule has 5 nitrogen and oxygen atoms in total. The molecule has 2 heterocycles. The number of rotatable bonds is 7. The summed E-state index contributed by atoms with van der Waals surface area (Å²) in [6.07, 6.45) is 3.46. The number of thioether (sulfide) groups is 1. The van der Waals surface area contributed by atoms with E-state index in [4.69, 9.17) is 0 Å². The molecule has 184 valence electrons. The van der Waals surface area contributed by atoms with E-state index >= 15 is 0 Å². The van der Waals surface area contributed by atoms with Gasteiger partial charge in [0, 0.05) is 37.8 Å². The molecule has 1 aliphatic rings. The van der Waals surface area contributed by atoms with Crippen LogP contribution in [0.15, 0.2) is 64.5 Å². The van der Waals surface area contributed by atoms with E-state index in [2.05, 4.69) is 29.2 Å². The topological polar surface area (TPSA) is 55.2 Å². The fourth-order valence-corrected chi connectivity index (χ4v) is 5.61. The van der Waals surface area contributed by atoms with E-state index in [1.165, 1.54) is 34.0 Å². The Morgan fingerprint density at radius 3 is 2.40 bits per heavy atom. The number of nitrogens with zero attached hydrogens (tertiary/aromatic N) is 3. The second-order valence-corrected chi connectivity index (χ2v) is 10.7. The van der Waals surface area contributed by atoms with Crippen LogP contribution in [0.25, 0.3) is 0 Å². The van der Waals surface area contributed by atoms with Crippen LogP contribution in [0.1, 0.15) is 42.1 Å². The van der Waals surface area contributed by atoms with Crippen LogP contribution in [-0.2, 0) is 24.7 Å². The van der Waals surface area contributed by atoms with Crippen molar-refractivity contribution < 1.29 is 9.18 Å². The Morgan fingerprint density at radius 2 is 1.74 bits per heavy atom. The highest BCUT2D eigenvalue weighted by atomic mass is 32.2. The predicted molar refractivity (Wildman–Crippen MR) is 138 cm³/mol. The van der Waals surface area contributed by atoms with Crippen LogP contribution >= 0.6 is 11.8 Å². The first-order valence-electron chi connectivity index (χ1n) is 12.1. The van der Waals surface area contributed by atoms with Crippen molar-refractivity contribution in [3.05, 3.63) is 93.2 Å². The van der Waals surface area contributed by atoms with Gasteiger partial charge in [0.25, 0.3) is 5.56 Å². The number of carbonyl (C=O) groups is 1. The lowest BCUT2D eigenvalue weighted by molar-refractivity contribution is -0.131. The van der Waals surface area contributed by atoms with Crippen molar-refractivity contribution in [1.82, 2.24) is 14.5 Å². The molecule has 1 fully saturated rings. The zero-order valence-corrected chi connectivity index (χ0v) is 21.4. The van der Waals surface area contributed by atoms with E-state index in [9.17, 15) is 14.0 Å². The van der Waals surface area contributed by atoms with E-state index in [0.717, 1.165) is 37.9 Å². The van der Waals surface area contributed by atoms with Crippen molar-refractivity contribution in [3.8, 4) is 0 Å². The number of halogens is 1. The number of hydrogen-bond donors (Lipinski definition) is 0. The Kier molecular flexibility index (Phi) is 8.06. The van der Waals surface area contributed by atoms with E-state index in [0.29, 0.717) is 28.8 Å². The van der Waals surface area contributed by atoms with E-state index in [1.54, 1.807) is 19.2 Å². The number of aryl methyl sites for hydroxylation is 1. The highest BCUT2D eigenvalue weighted by Gasteiger charge is 2.28. The Labute approximate surface area is 210 Å². The van der Waals surface area contributed by atoms with Crippen LogP contribution in [0.4, 0.5) is 4.39 Å². The van der Waals surface area contributed by atoms with Crippen LogP contribution in [0.3, 0.4) is 0 Å². The number of likely N-dealkylation sites (tertiary alicyclic amines) is 1. The van der Waals surface area contributed by atoms with Crippen LogP contribution in [-0.4, -0.2) is 38.7 Å². The van der Waals surface area contributed by atoms with Crippen molar-refractivity contribution in [2.24, 2.45) is 13.0 Å². The monoisotopic (exact) mass is 493 g/mol. The summed E-state index contributed by atoms with van der Waals surface area (Å²) < 4.78 is 14.7. The zero-order valence-electron chi connectivity index (χ0n) is 20.5.